The minimum atomic E-state index is -0.861. The van der Waals surface area contributed by atoms with Gasteiger partial charge in [0.05, 0.1) is 17.7 Å². The fourth-order valence-corrected chi connectivity index (χ4v) is 4.40. The van der Waals surface area contributed by atoms with E-state index in [1.807, 2.05) is 32.7 Å². The largest absolute Gasteiger partial charge is 0.378 e. The van der Waals surface area contributed by atoms with Crippen LogP contribution in [0.5, 0.6) is 0 Å². The van der Waals surface area contributed by atoms with Gasteiger partial charge < -0.3 is 20.3 Å². The molecule has 2 unspecified atom stereocenters. The van der Waals surface area contributed by atoms with Crippen LogP contribution in [0.25, 0.3) is 11.0 Å². The molecule has 2 atom stereocenters. The first kappa shape index (κ1) is 24.6. The molecular formula is C19H31Cl2N7O2. The minimum absolute atomic E-state index is 0. The summed E-state index contributed by atoms with van der Waals surface area (Å²) in [6.07, 6.45) is 3.97. The van der Waals surface area contributed by atoms with Crippen LogP contribution in [0.3, 0.4) is 0 Å². The highest BCUT2D eigenvalue weighted by atomic mass is 35.5. The molecule has 1 saturated heterocycles. The summed E-state index contributed by atoms with van der Waals surface area (Å²) in [6.45, 7) is 9.34. The molecule has 11 heteroatoms. The van der Waals surface area contributed by atoms with Crippen molar-refractivity contribution in [3.05, 3.63) is 12.5 Å². The monoisotopic (exact) mass is 459 g/mol. The molecular weight excluding hydrogens is 429 g/mol. The second-order valence-corrected chi connectivity index (χ2v) is 8.32. The Kier molecular flexibility index (Phi) is 7.23. The molecule has 1 saturated carbocycles. The third kappa shape index (κ3) is 3.62. The van der Waals surface area contributed by atoms with Crippen molar-refractivity contribution in [1.82, 2.24) is 24.6 Å². The number of aromatic nitrogens is 4. The molecule has 1 amide bonds. The Hall–Kier alpha value is -1.68. The molecule has 2 aliphatic rings. The summed E-state index contributed by atoms with van der Waals surface area (Å²) in [6, 6.07) is 0. The van der Waals surface area contributed by atoms with E-state index in [1.54, 1.807) is 17.2 Å². The Balaban J connectivity index is 0.00000160. The fourth-order valence-electron chi connectivity index (χ4n) is 4.40. The highest BCUT2D eigenvalue weighted by Crippen LogP contribution is 2.50. The number of halogens is 2. The number of rotatable bonds is 4. The van der Waals surface area contributed by atoms with Crippen LogP contribution in [0.15, 0.2) is 12.5 Å². The molecule has 0 aromatic carbocycles. The van der Waals surface area contributed by atoms with Crippen molar-refractivity contribution >= 4 is 47.6 Å². The highest BCUT2D eigenvalue weighted by molar-refractivity contribution is 5.90. The van der Waals surface area contributed by atoms with Crippen LogP contribution in [0.4, 0.5) is 5.82 Å². The summed E-state index contributed by atoms with van der Waals surface area (Å²) >= 11 is 0. The lowest BCUT2D eigenvalue weighted by atomic mass is 9.54. The van der Waals surface area contributed by atoms with Crippen molar-refractivity contribution in [2.45, 2.75) is 38.8 Å². The van der Waals surface area contributed by atoms with E-state index >= 15 is 0 Å². The van der Waals surface area contributed by atoms with Crippen molar-refractivity contribution < 1.29 is 9.53 Å². The van der Waals surface area contributed by atoms with Gasteiger partial charge in [-0.15, -0.1) is 24.8 Å². The van der Waals surface area contributed by atoms with E-state index in [0.29, 0.717) is 39.2 Å². The van der Waals surface area contributed by atoms with Gasteiger partial charge in [-0.2, -0.15) is 5.10 Å². The Morgan fingerprint density at radius 2 is 1.90 bits per heavy atom. The second-order valence-electron chi connectivity index (χ2n) is 8.32. The molecule has 3 heterocycles. The van der Waals surface area contributed by atoms with Crippen LogP contribution in [0.2, 0.25) is 0 Å². The number of nitrogens with two attached hydrogens (primary N) is 1. The molecule has 30 heavy (non-hydrogen) atoms. The van der Waals surface area contributed by atoms with Gasteiger partial charge in [0.15, 0.2) is 5.65 Å². The zero-order chi connectivity index (χ0) is 20.1. The average Bonchev–Trinajstić information content (AvgIpc) is 3.08. The SMILES string of the molecule is CCOC1CC(N)(C(=O)N2CCN(c3ncnc4c3cnn4C)CC2)C1(C)C.Cl.Cl. The number of hydrogen-bond acceptors (Lipinski definition) is 7. The molecule has 9 nitrogen and oxygen atoms in total. The molecule has 0 spiro atoms. The Morgan fingerprint density at radius 1 is 1.23 bits per heavy atom. The Labute approximate surface area is 189 Å². The number of ether oxygens (including phenoxy) is 1. The molecule has 0 radical (unpaired) electrons. The van der Waals surface area contributed by atoms with E-state index in [9.17, 15) is 4.79 Å². The zero-order valence-corrected chi connectivity index (χ0v) is 19.5. The van der Waals surface area contributed by atoms with Gasteiger partial charge in [0.1, 0.15) is 17.7 Å². The maximum atomic E-state index is 13.2. The van der Waals surface area contributed by atoms with Gasteiger partial charge >= 0.3 is 0 Å². The van der Waals surface area contributed by atoms with E-state index in [2.05, 4.69) is 20.0 Å². The van der Waals surface area contributed by atoms with Crippen molar-refractivity contribution in [1.29, 1.82) is 0 Å². The first-order valence-corrected chi connectivity index (χ1v) is 9.87. The number of carbonyl (C=O) groups is 1. The predicted molar refractivity (Wildman–Crippen MR) is 120 cm³/mol. The predicted octanol–water partition coefficient (Wildman–Crippen LogP) is 1.39. The first-order valence-electron chi connectivity index (χ1n) is 9.87. The lowest BCUT2D eigenvalue weighted by Crippen LogP contribution is -2.76. The van der Waals surface area contributed by atoms with Crippen LogP contribution in [-0.2, 0) is 16.6 Å². The number of hydrogen-bond donors (Lipinski definition) is 1. The molecule has 2 fully saturated rings. The number of anilines is 1. The van der Waals surface area contributed by atoms with Gasteiger partial charge in [0, 0.05) is 51.7 Å². The summed E-state index contributed by atoms with van der Waals surface area (Å²) in [5.41, 5.74) is 6.16. The van der Waals surface area contributed by atoms with Crippen LogP contribution in [0.1, 0.15) is 27.2 Å². The topological polar surface area (TPSA) is 102 Å². The molecule has 2 aromatic heterocycles. The molecule has 0 bridgehead atoms. The third-order valence-corrected chi connectivity index (χ3v) is 6.59. The molecule has 2 aromatic rings. The lowest BCUT2D eigenvalue weighted by molar-refractivity contribution is -0.179. The maximum Gasteiger partial charge on any atom is 0.243 e. The van der Waals surface area contributed by atoms with Crippen molar-refractivity contribution in [3.63, 3.8) is 0 Å². The number of piperazine rings is 1. The summed E-state index contributed by atoms with van der Waals surface area (Å²) in [5, 5.41) is 5.21. The third-order valence-electron chi connectivity index (χ3n) is 6.59. The zero-order valence-electron chi connectivity index (χ0n) is 17.9. The summed E-state index contributed by atoms with van der Waals surface area (Å²) in [7, 11) is 1.87. The Bertz CT molecular complexity index is 898. The number of nitrogens with zero attached hydrogens (tertiary/aromatic N) is 6. The average molecular weight is 460 g/mol. The van der Waals surface area contributed by atoms with E-state index < -0.39 is 5.54 Å². The van der Waals surface area contributed by atoms with Crippen molar-refractivity contribution in [3.8, 4) is 0 Å². The van der Waals surface area contributed by atoms with Crippen molar-refractivity contribution in [2.24, 2.45) is 18.2 Å². The van der Waals surface area contributed by atoms with Gasteiger partial charge in [0.25, 0.3) is 0 Å². The first-order chi connectivity index (χ1) is 13.3. The van der Waals surface area contributed by atoms with Gasteiger partial charge in [-0.1, -0.05) is 13.8 Å². The maximum absolute atomic E-state index is 13.2. The van der Waals surface area contributed by atoms with Crippen LogP contribution >= 0.6 is 24.8 Å². The molecule has 1 aliphatic carbocycles. The van der Waals surface area contributed by atoms with E-state index in [-0.39, 0.29) is 42.2 Å². The fraction of sp³-hybridized carbons (Fsp3) is 0.684. The van der Waals surface area contributed by atoms with E-state index in [4.69, 9.17) is 10.5 Å². The van der Waals surface area contributed by atoms with E-state index in [0.717, 1.165) is 16.9 Å². The molecule has 1 aliphatic heterocycles. The lowest BCUT2D eigenvalue weighted by Gasteiger charge is -2.59. The van der Waals surface area contributed by atoms with E-state index in [1.165, 1.54) is 0 Å². The Morgan fingerprint density at radius 3 is 2.50 bits per heavy atom. The minimum Gasteiger partial charge on any atom is -0.378 e. The highest BCUT2D eigenvalue weighted by Gasteiger charge is 2.63. The number of carbonyl (C=O) groups excluding carboxylic acids is 1. The number of amides is 1. The standard InChI is InChI=1S/C19H29N7O2.2ClH/c1-5-28-14-10-19(20,18(14,2)3)17(27)26-8-6-25(7-9-26)16-13-11-23-24(4)15(13)21-12-22-16;;/h11-12,14H,5-10,20H2,1-4H3;2*1H. The van der Waals surface area contributed by atoms with Crippen LogP contribution < -0.4 is 10.6 Å². The van der Waals surface area contributed by atoms with Crippen LogP contribution in [0, 0.1) is 5.41 Å². The summed E-state index contributed by atoms with van der Waals surface area (Å²) in [5.74, 6) is 0.898. The smallest absolute Gasteiger partial charge is 0.243 e. The molecule has 4 rings (SSSR count). The van der Waals surface area contributed by atoms with Gasteiger partial charge in [-0.25, -0.2) is 9.97 Å². The van der Waals surface area contributed by atoms with Gasteiger partial charge in [-0.3, -0.25) is 9.48 Å². The van der Waals surface area contributed by atoms with Crippen LogP contribution in [-0.4, -0.2) is 75.0 Å². The number of aryl methyl sites for hydroxylation is 1. The quantitative estimate of drug-likeness (QED) is 0.736. The second kappa shape index (κ2) is 8.82. The summed E-state index contributed by atoms with van der Waals surface area (Å²) in [4.78, 5) is 26.1. The molecule has 168 valence electrons. The molecule has 2 N–H and O–H groups in total. The summed E-state index contributed by atoms with van der Waals surface area (Å²) < 4.78 is 7.50. The van der Waals surface area contributed by atoms with Crippen molar-refractivity contribution in [2.75, 3.05) is 37.7 Å². The van der Waals surface area contributed by atoms with Gasteiger partial charge in [0.2, 0.25) is 5.91 Å². The van der Waals surface area contributed by atoms with Gasteiger partial charge in [-0.05, 0) is 6.92 Å². The number of fused-ring (bicyclic) bond motifs is 1. The normalized spacial score (nSPS) is 25.3.